The maximum Gasteiger partial charge on any atom is 0.250 e. The van der Waals surface area contributed by atoms with Crippen molar-refractivity contribution in [1.82, 2.24) is 14.8 Å². The molecule has 0 fully saturated rings. The SMILES string of the molecule is C=CCn1c(COc2ccccc2F)nnc1SC(C)C(=O)N1c2ccccc2NC(=O)C1(C)C. The number of rotatable bonds is 8. The number of anilines is 2. The Kier molecular flexibility index (Phi) is 6.93. The second-order valence-corrected chi connectivity index (χ2v) is 9.79. The summed E-state index contributed by atoms with van der Waals surface area (Å²) in [5.41, 5.74) is 0.152. The Morgan fingerprint density at radius 2 is 1.94 bits per heavy atom. The quantitative estimate of drug-likeness (QED) is 0.367. The second-order valence-electron chi connectivity index (χ2n) is 8.48. The molecule has 10 heteroatoms. The van der Waals surface area contributed by atoms with Crippen molar-refractivity contribution in [3.8, 4) is 5.75 Å². The van der Waals surface area contributed by atoms with Gasteiger partial charge in [-0.25, -0.2) is 4.39 Å². The van der Waals surface area contributed by atoms with E-state index in [1.54, 1.807) is 55.7 Å². The van der Waals surface area contributed by atoms with Crippen molar-refractivity contribution in [2.45, 2.75) is 49.9 Å². The van der Waals surface area contributed by atoms with Gasteiger partial charge in [-0.15, -0.1) is 16.8 Å². The van der Waals surface area contributed by atoms with Crippen LogP contribution in [-0.2, 0) is 22.7 Å². The van der Waals surface area contributed by atoms with Crippen LogP contribution in [0.4, 0.5) is 15.8 Å². The van der Waals surface area contributed by atoms with E-state index in [0.717, 1.165) is 0 Å². The van der Waals surface area contributed by atoms with Gasteiger partial charge in [0.2, 0.25) is 11.8 Å². The zero-order valence-corrected chi connectivity index (χ0v) is 20.5. The maximum absolute atomic E-state index is 13.9. The second kappa shape index (κ2) is 9.91. The van der Waals surface area contributed by atoms with Crippen molar-refractivity contribution in [3.63, 3.8) is 0 Å². The molecular weight excluding hydrogens is 469 g/mol. The number of aromatic nitrogens is 3. The van der Waals surface area contributed by atoms with Gasteiger partial charge in [-0.05, 0) is 45.0 Å². The first kappa shape index (κ1) is 24.5. The molecule has 0 radical (unpaired) electrons. The molecule has 35 heavy (non-hydrogen) atoms. The molecule has 2 heterocycles. The predicted octanol–water partition coefficient (Wildman–Crippen LogP) is 4.43. The first-order valence-electron chi connectivity index (χ1n) is 11.1. The molecule has 2 aromatic carbocycles. The van der Waals surface area contributed by atoms with Crippen LogP contribution >= 0.6 is 11.8 Å². The minimum atomic E-state index is -1.08. The molecule has 1 aromatic heterocycles. The lowest BCUT2D eigenvalue weighted by Crippen LogP contribution is -2.60. The van der Waals surface area contributed by atoms with Gasteiger partial charge in [0.1, 0.15) is 12.1 Å². The van der Waals surface area contributed by atoms with Crippen LogP contribution in [0.25, 0.3) is 0 Å². The van der Waals surface area contributed by atoms with Gasteiger partial charge in [-0.2, -0.15) is 0 Å². The lowest BCUT2D eigenvalue weighted by molar-refractivity contribution is -0.126. The molecular formula is C25H26FN5O3S. The van der Waals surface area contributed by atoms with Crippen LogP contribution in [0.1, 0.15) is 26.6 Å². The number of hydrogen-bond acceptors (Lipinski definition) is 6. The highest BCUT2D eigenvalue weighted by Crippen LogP contribution is 2.38. The number of allylic oxidation sites excluding steroid dienone is 1. The van der Waals surface area contributed by atoms with E-state index in [1.165, 1.54) is 28.8 Å². The molecule has 1 atom stereocenters. The molecule has 1 unspecified atom stereocenters. The van der Waals surface area contributed by atoms with E-state index in [0.29, 0.717) is 28.9 Å². The first-order chi connectivity index (χ1) is 16.7. The summed E-state index contributed by atoms with van der Waals surface area (Å²) in [5.74, 6) is -0.380. The average Bonchev–Trinajstić information content (AvgIpc) is 3.20. The summed E-state index contributed by atoms with van der Waals surface area (Å²) in [6, 6.07) is 13.3. The van der Waals surface area contributed by atoms with E-state index >= 15 is 0 Å². The van der Waals surface area contributed by atoms with Gasteiger partial charge in [-0.1, -0.05) is 42.1 Å². The van der Waals surface area contributed by atoms with Gasteiger partial charge in [0.25, 0.3) is 0 Å². The molecule has 0 bridgehead atoms. The third-order valence-corrected chi connectivity index (χ3v) is 6.72. The Hall–Kier alpha value is -3.66. The standard InChI is InChI=1S/C25H26FN5O3S/c1-5-14-30-21(15-34-20-13-9-6-10-17(20)26)28-29-24(30)35-16(2)22(32)31-19-12-8-7-11-18(19)27-23(33)25(31,3)4/h5-13,16H,1,14-15H2,2-4H3,(H,27,33). The van der Waals surface area contributed by atoms with E-state index in [-0.39, 0.29) is 24.2 Å². The lowest BCUT2D eigenvalue weighted by Gasteiger charge is -2.43. The zero-order chi connectivity index (χ0) is 25.2. The Bertz CT molecular complexity index is 1280. The summed E-state index contributed by atoms with van der Waals surface area (Å²) in [6.07, 6.45) is 1.68. The number of para-hydroxylation sites is 3. The van der Waals surface area contributed by atoms with Crippen molar-refractivity contribution < 1.29 is 18.7 Å². The van der Waals surface area contributed by atoms with Gasteiger partial charge in [-0.3, -0.25) is 19.1 Å². The van der Waals surface area contributed by atoms with Gasteiger partial charge >= 0.3 is 0 Å². The van der Waals surface area contributed by atoms with Crippen LogP contribution in [0.2, 0.25) is 0 Å². The van der Waals surface area contributed by atoms with Gasteiger partial charge in [0, 0.05) is 6.54 Å². The van der Waals surface area contributed by atoms with E-state index in [9.17, 15) is 14.0 Å². The van der Waals surface area contributed by atoms with Crippen molar-refractivity contribution in [2.24, 2.45) is 0 Å². The number of nitrogens with zero attached hydrogens (tertiary/aromatic N) is 4. The fourth-order valence-corrected chi connectivity index (χ4v) is 4.68. The van der Waals surface area contributed by atoms with Gasteiger partial charge in [0.05, 0.1) is 16.6 Å². The van der Waals surface area contributed by atoms with Crippen LogP contribution in [0.15, 0.2) is 66.3 Å². The Morgan fingerprint density at radius 1 is 1.23 bits per heavy atom. The van der Waals surface area contributed by atoms with E-state index in [4.69, 9.17) is 4.74 Å². The molecule has 0 saturated heterocycles. The number of benzene rings is 2. The number of fused-ring (bicyclic) bond motifs is 1. The number of hydrogen-bond donors (Lipinski definition) is 1. The van der Waals surface area contributed by atoms with Crippen molar-refractivity contribution in [1.29, 1.82) is 0 Å². The molecule has 182 valence electrons. The molecule has 1 aliphatic rings. The van der Waals surface area contributed by atoms with E-state index in [1.807, 2.05) is 12.1 Å². The van der Waals surface area contributed by atoms with E-state index < -0.39 is 16.6 Å². The summed E-state index contributed by atoms with van der Waals surface area (Å²) in [6.45, 7) is 9.36. The minimum absolute atomic E-state index is 0.00262. The summed E-state index contributed by atoms with van der Waals surface area (Å²) in [5, 5.41) is 11.2. The lowest BCUT2D eigenvalue weighted by atomic mass is 9.96. The highest BCUT2D eigenvalue weighted by molar-refractivity contribution is 8.00. The topological polar surface area (TPSA) is 89.3 Å². The number of ether oxygens (including phenoxy) is 1. The monoisotopic (exact) mass is 495 g/mol. The molecule has 3 aromatic rings. The molecule has 2 amide bonds. The maximum atomic E-state index is 13.9. The van der Waals surface area contributed by atoms with Crippen LogP contribution in [-0.4, -0.2) is 37.4 Å². The first-order valence-corrected chi connectivity index (χ1v) is 11.9. The van der Waals surface area contributed by atoms with Crippen LogP contribution in [0.3, 0.4) is 0 Å². The zero-order valence-electron chi connectivity index (χ0n) is 19.7. The Balaban J connectivity index is 1.56. The fourth-order valence-electron chi connectivity index (χ4n) is 3.77. The average molecular weight is 496 g/mol. The van der Waals surface area contributed by atoms with Crippen molar-refractivity contribution >= 4 is 35.0 Å². The summed E-state index contributed by atoms with van der Waals surface area (Å²) < 4.78 is 21.3. The summed E-state index contributed by atoms with van der Waals surface area (Å²) >= 11 is 1.22. The molecule has 0 spiro atoms. The number of amides is 2. The number of halogens is 1. The Morgan fingerprint density at radius 3 is 2.69 bits per heavy atom. The summed E-state index contributed by atoms with van der Waals surface area (Å²) in [7, 11) is 0. The molecule has 1 N–H and O–H groups in total. The number of nitrogens with one attached hydrogen (secondary N) is 1. The minimum Gasteiger partial charge on any atom is -0.483 e. The van der Waals surface area contributed by atoms with Crippen molar-refractivity contribution in [2.75, 3.05) is 10.2 Å². The van der Waals surface area contributed by atoms with Crippen LogP contribution in [0.5, 0.6) is 5.75 Å². The normalized spacial score (nSPS) is 15.2. The number of carbonyl (C=O) groups is 2. The molecule has 0 saturated carbocycles. The molecule has 8 nitrogen and oxygen atoms in total. The predicted molar refractivity (Wildman–Crippen MR) is 133 cm³/mol. The third kappa shape index (κ3) is 4.79. The Labute approximate surface area is 207 Å². The molecule has 4 rings (SSSR count). The van der Waals surface area contributed by atoms with Crippen LogP contribution in [0, 0.1) is 5.82 Å². The van der Waals surface area contributed by atoms with Crippen LogP contribution < -0.4 is 15.0 Å². The van der Waals surface area contributed by atoms with Crippen molar-refractivity contribution in [3.05, 3.63) is 72.8 Å². The highest BCUT2D eigenvalue weighted by atomic mass is 32.2. The molecule has 1 aliphatic heterocycles. The van der Waals surface area contributed by atoms with E-state index in [2.05, 4.69) is 22.1 Å². The van der Waals surface area contributed by atoms with Gasteiger partial charge < -0.3 is 10.1 Å². The largest absolute Gasteiger partial charge is 0.483 e. The molecule has 0 aliphatic carbocycles. The number of carbonyl (C=O) groups excluding carboxylic acids is 2. The summed E-state index contributed by atoms with van der Waals surface area (Å²) in [4.78, 5) is 27.9. The smallest absolute Gasteiger partial charge is 0.250 e. The highest BCUT2D eigenvalue weighted by Gasteiger charge is 2.45. The fraction of sp³-hybridized carbons (Fsp3) is 0.280. The van der Waals surface area contributed by atoms with Gasteiger partial charge in [0.15, 0.2) is 22.5 Å². The number of thioether (sulfide) groups is 1. The third-order valence-electron chi connectivity index (χ3n) is 5.66.